The average Bonchev–Trinajstić information content (AvgIpc) is 2.54. The molecule has 0 saturated carbocycles. The summed E-state index contributed by atoms with van der Waals surface area (Å²) in [5.41, 5.74) is 9.74. The second kappa shape index (κ2) is 7.45. The predicted molar refractivity (Wildman–Crippen MR) is 86.0 cm³/mol. The second-order valence-electron chi connectivity index (χ2n) is 4.83. The summed E-state index contributed by atoms with van der Waals surface area (Å²) in [5.74, 6) is 0. The highest BCUT2D eigenvalue weighted by atomic mass is 16.2. The second-order valence-corrected chi connectivity index (χ2v) is 4.83. The molecule has 0 bridgehead atoms. The van der Waals surface area contributed by atoms with E-state index in [2.05, 4.69) is 23.6 Å². The molecular formula is C17H21N3O. The third-order valence-electron chi connectivity index (χ3n) is 3.39. The fourth-order valence-electron chi connectivity index (χ4n) is 2.15. The molecule has 0 aliphatic heterocycles. The molecule has 0 radical (unpaired) electrons. The zero-order chi connectivity index (χ0) is 15.1. The van der Waals surface area contributed by atoms with Crippen LogP contribution in [0.1, 0.15) is 23.6 Å². The minimum Gasteiger partial charge on any atom is -0.334 e. The zero-order valence-corrected chi connectivity index (χ0v) is 12.2. The van der Waals surface area contributed by atoms with E-state index in [9.17, 15) is 4.79 Å². The molecule has 4 nitrogen and oxygen atoms in total. The van der Waals surface area contributed by atoms with E-state index in [1.54, 1.807) is 0 Å². The van der Waals surface area contributed by atoms with E-state index in [4.69, 9.17) is 5.73 Å². The Kier molecular flexibility index (Phi) is 5.35. The van der Waals surface area contributed by atoms with Crippen molar-refractivity contribution < 1.29 is 4.79 Å². The number of urea groups is 1. The summed E-state index contributed by atoms with van der Waals surface area (Å²) < 4.78 is 0. The van der Waals surface area contributed by atoms with Crippen molar-refractivity contribution >= 4 is 11.7 Å². The lowest BCUT2D eigenvalue weighted by Crippen LogP contribution is -2.28. The molecule has 0 fully saturated rings. The quantitative estimate of drug-likeness (QED) is 0.789. The molecule has 0 atom stereocenters. The monoisotopic (exact) mass is 283 g/mol. The minimum absolute atomic E-state index is 0.207. The summed E-state index contributed by atoms with van der Waals surface area (Å²) in [5, 5.41) is 5.69. The molecule has 0 aromatic heterocycles. The summed E-state index contributed by atoms with van der Waals surface area (Å²) >= 11 is 0. The van der Waals surface area contributed by atoms with Crippen molar-refractivity contribution in [2.45, 2.75) is 26.4 Å². The van der Waals surface area contributed by atoms with E-state index in [0.717, 1.165) is 23.2 Å². The average molecular weight is 283 g/mol. The summed E-state index contributed by atoms with van der Waals surface area (Å²) in [4.78, 5) is 11.9. The molecule has 2 rings (SSSR count). The van der Waals surface area contributed by atoms with Gasteiger partial charge >= 0.3 is 6.03 Å². The van der Waals surface area contributed by atoms with Gasteiger partial charge in [-0.15, -0.1) is 0 Å². The van der Waals surface area contributed by atoms with E-state index in [1.807, 2.05) is 42.5 Å². The summed E-state index contributed by atoms with van der Waals surface area (Å²) in [6, 6.07) is 15.4. The third-order valence-corrected chi connectivity index (χ3v) is 3.39. The van der Waals surface area contributed by atoms with Crippen LogP contribution in [0.4, 0.5) is 10.5 Å². The van der Waals surface area contributed by atoms with E-state index in [1.165, 1.54) is 5.56 Å². The highest BCUT2D eigenvalue weighted by molar-refractivity contribution is 5.89. The number of rotatable bonds is 5. The molecule has 0 heterocycles. The van der Waals surface area contributed by atoms with Gasteiger partial charge < -0.3 is 16.4 Å². The van der Waals surface area contributed by atoms with Crippen LogP contribution >= 0.6 is 0 Å². The van der Waals surface area contributed by atoms with Crippen LogP contribution in [0.25, 0.3) is 0 Å². The van der Waals surface area contributed by atoms with Gasteiger partial charge in [0.1, 0.15) is 0 Å². The lowest BCUT2D eigenvalue weighted by molar-refractivity contribution is 0.251. The molecule has 2 aromatic rings. The van der Waals surface area contributed by atoms with E-state index in [-0.39, 0.29) is 6.03 Å². The van der Waals surface area contributed by atoms with Gasteiger partial charge in [-0.05, 0) is 35.2 Å². The fraction of sp³-hybridized carbons (Fsp3) is 0.235. The number of carbonyl (C=O) groups is 1. The molecule has 2 aromatic carbocycles. The summed E-state index contributed by atoms with van der Waals surface area (Å²) in [6.45, 7) is 3.13. The number of aryl methyl sites for hydroxylation is 1. The normalized spacial score (nSPS) is 10.2. The first-order chi connectivity index (χ1) is 10.2. The highest BCUT2D eigenvalue weighted by Gasteiger charge is 2.04. The molecule has 0 aliphatic rings. The van der Waals surface area contributed by atoms with Crippen LogP contribution in [-0.4, -0.2) is 6.03 Å². The molecule has 0 saturated heterocycles. The maximum atomic E-state index is 11.9. The van der Waals surface area contributed by atoms with Gasteiger partial charge in [0.2, 0.25) is 0 Å². The SMILES string of the molecule is CCc1ccccc1CNC(=O)Nc1ccc(CN)cc1. The maximum Gasteiger partial charge on any atom is 0.319 e. The number of nitrogens with one attached hydrogen (secondary N) is 2. The van der Waals surface area contributed by atoms with Gasteiger partial charge in [0.15, 0.2) is 0 Å². The van der Waals surface area contributed by atoms with Crippen molar-refractivity contribution in [3.05, 3.63) is 65.2 Å². The largest absolute Gasteiger partial charge is 0.334 e. The Balaban J connectivity index is 1.89. The van der Waals surface area contributed by atoms with E-state index < -0.39 is 0 Å². The van der Waals surface area contributed by atoms with Crippen LogP contribution in [0, 0.1) is 0 Å². The number of nitrogens with two attached hydrogens (primary N) is 1. The number of hydrogen-bond donors (Lipinski definition) is 3. The van der Waals surface area contributed by atoms with Gasteiger partial charge in [-0.2, -0.15) is 0 Å². The number of anilines is 1. The van der Waals surface area contributed by atoms with Crippen molar-refractivity contribution in [2.24, 2.45) is 5.73 Å². The van der Waals surface area contributed by atoms with Crippen molar-refractivity contribution in [3.8, 4) is 0 Å². The molecule has 4 heteroatoms. The van der Waals surface area contributed by atoms with Crippen LogP contribution in [0.5, 0.6) is 0 Å². The Morgan fingerprint density at radius 1 is 1.05 bits per heavy atom. The van der Waals surface area contributed by atoms with Crippen molar-refractivity contribution in [3.63, 3.8) is 0 Å². The molecule has 4 N–H and O–H groups in total. The van der Waals surface area contributed by atoms with Crippen molar-refractivity contribution in [2.75, 3.05) is 5.32 Å². The Morgan fingerprint density at radius 2 is 1.71 bits per heavy atom. The Morgan fingerprint density at radius 3 is 2.33 bits per heavy atom. The van der Waals surface area contributed by atoms with Gasteiger partial charge in [-0.25, -0.2) is 4.79 Å². The van der Waals surface area contributed by atoms with E-state index >= 15 is 0 Å². The van der Waals surface area contributed by atoms with Gasteiger partial charge in [0.05, 0.1) is 0 Å². The Hall–Kier alpha value is -2.33. The molecule has 110 valence electrons. The topological polar surface area (TPSA) is 67.2 Å². The van der Waals surface area contributed by atoms with Crippen LogP contribution in [0.3, 0.4) is 0 Å². The molecule has 0 unspecified atom stereocenters. The van der Waals surface area contributed by atoms with Gasteiger partial charge in [0, 0.05) is 18.8 Å². The van der Waals surface area contributed by atoms with Crippen LogP contribution in [-0.2, 0) is 19.5 Å². The van der Waals surface area contributed by atoms with E-state index in [0.29, 0.717) is 13.1 Å². The van der Waals surface area contributed by atoms with Crippen LogP contribution < -0.4 is 16.4 Å². The van der Waals surface area contributed by atoms with Gasteiger partial charge in [-0.3, -0.25) is 0 Å². The third kappa shape index (κ3) is 4.33. The summed E-state index contributed by atoms with van der Waals surface area (Å²) in [6.07, 6.45) is 0.958. The first-order valence-corrected chi connectivity index (χ1v) is 7.13. The molecular weight excluding hydrogens is 262 g/mol. The smallest absolute Gasteiger partial charge is 0.319 e. The highest BCUT2D eigenvalue weighted by Crippen LogP contribution is 2.10. The van der Waals surface area contributed by atoms with Crippen molar-refractivity contribution in [1.29, 1.82) is 0 Å². The molecule has 2 amide bonds. The van der Waals surface area contributed by atoms with Crippen LogP contribution in [0.15, 0.2) is 48.5 Å². The standard InChI is InChI=1S/C17H21N3O/c1-2-14-5-3-4-6-15(14)12-19-17(21)20-16-9-7-13(11-18)8-10-16/h3-10H,2,11-12,18H2,1H3,(H2,19,20,21). The number of carbonyl (C=O) groups excluding carboxylic acids is 1. The first kappa shape index (κ1) is 15.1. The molecule has 21 heavy (non-hydrogen) atoms. The van der Waals surface area contributed by atoms with Crippen LogP contribution in [0.2, 0.25) is 0 Å². The number of amides is 2. The van der Waals surface area contributed by atoms with Gasteiger partial charge in [0.25, 0.3) is 0 Å². The van der Waals surface area contributed by atoms with Crippen molar-refractivity contribution in [1.82, 2.24) is 5.32 Å². The molecule has 0 aliphatic carbocycles. The number of hydrogen-bond acceptors (Lipinski definition) is 2. The summed E-state index contributed by atoms with van der Waals surface area (Å²) in [7, 11) is 0. The lowest BCUT2D eigenvalue weighted by atomic mass is 10.1. The molecule has 0 spiro atoms. The predicted octanol–water partition coefficient (Wildman–Crippen LogP) is 3.03. The fourth-order valence-corrected chi connectivity index (χ4v) is 2.15. The first-order valence-electron chi connectivity index (χ1n) is 7.13. The Bertz CT molecular complexity index is 593. The van der Waals surface area contributed by atoms with Gasteiger partial charge in [-0.1, -0.05) is 43.3 Å². The Labute approximate surface area is 125 Å². The minimum atomic E-state index is -0.207. The maximum absolute atomic E-state index is 11.9. The number of benzene rings is 2. The zero-order valence-electron chi connectivity index (χ0n) is 12.2. The lowest BCUT2D eigenvalue weighted by Gasteiger charge is -2.10.